The minimum atomic E-state index is 0.500. The average Bonchev–Trinajstić information content (AvgIpc) is 3.27. The molecule has 1 aromatic carbocycles. The first-order valence-electron chi connectivity index (χ1n) is 7.90. The first-order valence-corrected chi connectivity index (χ1v) is 7.90. The molecule has 1 atom stereocenters. The van der Waals surface area contributed by atoms with Gasteiger partial charge in [-0.2, -0.15) is 0 Å². The van der Waals surface area contributed by atoms with Gasteiger partial charge in [0.15, 0.2) is 0 Å². The predicted molar refractivity (Wildman–Crippen MR) is 83.8 cm³/mol. The summed E-state index contributed by atoms with van der Waals surface area (Å²) in [4.78, 5) is 2.58. The molecule has 1 fully saturated rings. The quantitative estimate of drug-likeness (QED) is 0.756. The molecule has 1 aliphatic rings. The summed E-state index contributed by atoms with van der Waals surface area (Å²) < 4.78 is 0. The summed E-state index contributed by atoms with van der Waals surface area (Å²) in [7, 11) is 0. The first kappa shape index (κ1) is 14.4. The van der Waals surface area contributed by atoms with Crippen LogP contribution in [0.1, 0.15) is 58.1 Å². The normalized spacial score (nSPS) is 16.4. The van der Waals surface area contributed by atoms with Crippen LogP contribution in [0.3, 0.4) is 0 Å². The summed E-state index contributed by atoms with van der Waals surface area (Å²) >= 11 is 0. The van der Waals surface area contributed by atoms with Gasteiger partial charge in [0.1, 0.15) is 0 Å². The van der Waals surface area contributed by atoms with E-state index >= 15 is 0 Å². The van der Waals surface area contributed by atoms with Gasteiger partial charge in [-0.3, -0.25) is 0 Å². The summed E-state index contributed by atoms with van der Waals surface area (Å²) in [6.45, 7) is 8.91. The van der Waals surface area contributed by atoms with Gasteiger partial charge in [-0.25, -0.2) is 0 Å². The zero-order valence-corrected chi connectivity index (χ0v) is 12.7. The van der Waals surface area contributed by atoms with E-state index in [0.717, 1.165) is 19.0 Å². The van der Waals surface area contributed by atoms with Gasteiger partial charge in [0.25, 0.3) is 0 Å². The van der Waals surface area contributed by atoms with Crippen molar-refractivity contribution in [2.45, 2.75) is 58.5 Å². The third-order valence-electron chi connectivity index (χ3n) is 3.94. The molecule has 0 saturated heterocycles. The van der Waals surface area contributed by atoms with Crippen LogP contribution < -0.4 is 10.2 Å². The maximum Gasteiger partial charge on any atom is 0.0368 e. The van der Waals surface area contributed by atoms with E-state index in [2.05, 4.69) is 55.3 Å². The van der Waals surface area contributed by atoms with Gasteiger partial charge in [-0.1, -0.05) is 32.9 Å². The summed E-state index contributed by atoms with van der Waals surface area (Å²) in [5.74, 6) is 0. The highest BCUT2D eigenvalue weighted by Gasteiger charge is 2.28. The van der Waals surface area contributed by atoms with Gasteiger partial charge in [-0.15, -0.1) is 0 Å². The van der Waals surface area contributed by atoms with Crippen LogP contribution in [-0.2, 0) is 0 Å². The SMILES string of the molecule is CCCN(c1ccc(C(CC)NCC)cc1)C1CC1. The molecule has 2 nitrogen and oxygen atoms in total. The second kappa shape index (κ2) is 6.95. The van der Waals surface area contributed by atoms with E-state index in [1.165, 1.54) is 37.1 Å². The van der Waals surface area contributed by atoms with Gasteiger partial charge in [0.05, 0.1) is 0 Å². The molecule has 2 rings (SSSR count). The van der Waals surface area contributed by atoms with Crippen molar-refractivity contribution >= 4 is 5.69 Å². The van der Waals surface area contributed by atoms with Gasteiger partial charge >= 0.3 is 0 Å². The van der Waals surface area contributed by atoms with Crippen LogP contribution in [0.2, 0.25) is 0 Å². The van der Waals surface area contributed by atoms with Crippen LogP contribution in [-0.4, -0.2) is 19.1 Å². The van der Waals surface area contributed by atoms with Crippen LogP contribution >= 0.6 is 0 Å². The van der Waals surface area contributed by atoms with Crippen LogP contribution in [0.25, 0.3) is 0 Å². The van der Waals surface area contributed by atoms with E-state index in [1.54, 1.807) is 0 Å². The van der Waals surface area contributed by atoms with E-state index in [-0.39, 0.29) is 0 Å². The fourth-order valence-corrected chi connectivity index (χ4v) is 2.79. The summed E-state index contributed by atoms with van der Waals surface area (Å²) in [6, 6.07) is 10.5. The third-order valence-corrected chi connectivity index (χ3v) is 3.94. The van der Waals surface area contributed by atoms with E-state index in [1.807, 2.05) is 0 Å². The molecule has 2 heteroatoms. The van der Waals surface area contributed by atoms with E-state index < -0.39 is 0 Å². The molecule has 106 valence electrons. The topological polar surface area (TPSA) is 15.3 Å². The number of benzene rings is 1. The highest BCUT2D eigenvalue weighted by atomic mass is 15.2. The highest BCUT2D eigenvalue weighted by molar-refractivity contribution is 5.50. The molecule has 1 saturated carbocycles. The van der Waals surface area contributed by atoms with Crippen molar-refractivity contribution in [3.05, 3.63) is 29.8 Å². The second-order valence-electron chi connectivity index (χ2n) is 5.53. The average molecular weight is 260 g/mol. The smallest absolute Gasteiger partial charge is 0.0368 e. The number of nitrogens with zero attached hydrogens (tertiary/aromatic N) is 1. The molecule has 1 aromatic rings. The molecule has 0 aromatic heterocycles. The monoisotopic (exact) mass is 260 g/mol. The Balaban J connectivity index is 2.07. The second-order valence-corrected chi connectivity index (χ2v) is 5.53. The van der Waals surface area contributed by atoms with Gasteiger partial charge < -0.3 is 10.2 Å². The molecular formula is C17H28N2. The van der Waals surface area contributed by atoms with Crippen molar-refractivity contribution < 1.29 is 0 Å². The molecule has 0 spiro atoms. The minimum absolute atomic E-state index is 0.500. The van der Waals surface area contributed by atoms with Gasteiger partial charge in [0, 0.05) is 24.3 Å². The van der Waals surface area contributed by atoms with Crippen molar-refractivity contribution in [2.75, 3.05) is 18.0 Å². The number of nitrogens with one attached hydrogen (secondary N) is 1. The molecule has 0 radical (unpaired) electrons. The van der Waals surface area contributed by atoms with Crippen molar-refractivity contribution in [3.8, 4) is 0 Å². The largest absolute Gasteiger partial charge is 0.369 e. The minimum Gasteiger partial charge on any atom is -0.369 e. The van der Waals surface area contributed by atoms with Crippen LogP contribution in [0, 0.1) is 0 Å². The first-order chi connectivity index (χ1) is 9.30. The van der Waals surface area contributed by atoms with E-state index in [0.29, 0.717) is 6.04 Å². The Labute approximate surface area is 118 Å². The van der Waals surface area contributed by atoms with Crippen molar-refractivity contribution in [1.82, 2.24) is 5.32 Å². The van der Waals surface area contributed by atoms with Gasteiger partial charge in [-0.05, 0) is 49.9 Å². The summed E-state index contributed by atoms with van der Waals surface area (Å²) in [6.07, 6.45) is 5.12. The lowest BCUT2D eigenvalue weighted by molar-refractivity contribution is 0.537. The highest BCUT2D eigenvalue weighted by Crippen LogP contribution is 2.32. The predicted octanol–water partition coefficient (Wildman–Crippen LogP) is 4.13. The molecule has 0 bridgehead atoms. The molecule has 1 unspecified atom stereocenters. The fraction of sp³-hybridized carbons (Fsp3) is 0.647. The summed E-state index contributed by atoms with van der Waals surface area (Å²) in [5, 5.41) is 3.54. The Morgan fingerprint density at radius 3 is 2.32 bits per heavy atom. The van der Waals surface area contributed by atoms with Crippen molar-refractivity contribution in [1.29, 1.82) is 0 Å². The van der Waals surface area contributed by atoms with Crippen LogP contribution in [0.15, 0.2) is 24.3 Å². The number of rotatable bonds is 8. The Bertz CT molecular complexity index is 367. The Morgan fingerprint density at radius 2 is 1.84 bits per heavy atom. The fourth-order valence-electron chi connectivity index (χ4n) is 2.79. The van der Waals surface area contributed by atoms with Crippen molar-refractivity contribution in [2.24, 2.45) is 0 Å². The van der Waals surface area contributed by atoms with Crippen molar-refractivity contribution in [3.63, 3.8) is 0 Å². The van der Waals surface area contributed by atoms with E-state index in [4.69, 9.17) is 0 Å². The Morgan fingerprint density at radius 1 is 1.16 bits per heavy atom. The number of anilines is 1. The zero-order chi connectivity index (χ0) is 13.7. The maximum absolute atomic E-state index is 3.54. The molecule has 0 heterocycles. The van der Waals surface area contributed by atoms with Gasteiger partial charge in [0.2, 0.25) is 0 Å². The summed E-state index contributed by atoms with van der Waals surface area (Å²) in [5.41, 5.74) is 2.82. The molecule has 1 N–H and O–H groups in total. The third kappa shape index (κ3) is 3.73. The molecular weight excluding hydrogens is 232 g/mol. The molecule has 1 aliphatic carbocycles. The standard InChI is InChI=1S/C17H28N2/c1-4-13-19(16-11-12-16)15-9-7-14(8-10-15)17(5-2)18-6-3/h7-10,16-18H,4-6,11-13H2,1-3H3. The lowest BCUT2D eigenvalue weighted by Crippen LogP contribution is -2.26. The zero-order valence-electron chi connectivity index (χ0n) is 12.7. The Kier molecular flexibility index (Phi) is 5.26. The van der Waals surface area contributed by atoms with E-state index in [9.17, 15) is 0 Å². The number of hydrogen-bond donors (Lipinski definition) is 1. The van der Waals surface area contributed by atoms with Crippen LogP contribution in [0.5, 0.6) is 0 Å². The molecule has 19 heavy (non-hydrogen) atoms. The maximum atomic E-state index is 3.54. The lowest BCUT2D eigenvalue weighted by Gasteiger charge is -2.25. The van der Waals surface area contributed by atoms with Crippen LogP contribution in [0.4, 0.5) is 5.69 Å². The number of hydrogen-bond acceptors (Lipinski definition) is 2. The molecule has 0 amide bonds. The molecule has 0 aliphatic heterocycles. The Hall–Kier alpha value is -1.02. The lowest BCUT2D eigenvalue weighted by atomic mass is 10.0.